The molecular weight excluding hydrogens is 566 g/mol. The first kappa shape index (κ1) is 29.5. The van der Waals surface area contributed by atoms with Crippen molar-refractivity contribution in [3.8, 4) is 11.5 Å². The minimum atomic E-state index is -1.00. The summed E-state index contributed by atoms with van der Waals surface area (Å²) in [4.78, 5) is 26.1. The summed E-state index contributed by atoms with van der Waals surface area (Å²) in [7, 11) is 3.29. The number of imidazole rings is 1. The molecule has 1 amide bonds. The number of ether oxygens (including phenoxy) is 3. The number of nitrogens with zero attached hydrogens (tertiary/aromatic N) is 4. The average Bonchev–Trinajstić information content (AvgIpc) is 3.55. The van der Waals surface area contributed by atoms with Gasteiger partial charge >= 0.3 is 0 Å². The van der Waals surface area contributed by atoms with Crippen molar-refractivity contribution in [3.05, 3.63) is 151 Å². The molecule has 0 aliphatic heterocycles. The minimum Gasteiger partial charge on any atom is -0.497 e. The fourth-order valence-electron chi connectivity index (χ4n) is 5.36. The lowest BCUT2D eigenvalue weighted by molar-refractivity contribution is 0.00129. The molecule has 0 aliphatic carbocycles. The Hall–Kier alpha value is -5.54. The Morgan fingerprint density at radius 1 is 0.778 bits per heavy atom. The Bertz CT molecular complexity index is 1830. The number of rotatable bonds is 11. The topological polar surface area (TPSA) is 100 Å². The molecule has 0 unspecified atom stereocenters. The Labute approximate surface area is 261 Å². The van der Waals surface area contributed by atoms with E-state index in [1.807, 2.05) is 89.5 Å². The number of fused-ring (bicyclic) bond motifs is 1. The highest BCUT2D eigenvalue weighted by Gasteiger charge is 2.38. The summed E-state index contributed by atoms with van der Waals surface area (Å²) in [5.74, 6) is 1.51. The fraction of sp³-hybridized carbons (Fsp3) is 0.139. The highest BCUT2D eigenvalue weighted by molar-refractivity contribution is 6.06. The van der Waals surface area contributed by atoms with Crippen molar-refractivity contribution in [2.75, 3.05) is 26.1 Å². The van der Waals surface area contributed by atoms with E-state index in [1.54, 1.807) is 44.8 Å². The molecule has 1 radical (unpaired) electrons. The van der Waals surface area contributed by atoms with Gasteiger partial charge in [-0.05, 0) is 60.0 Å². The van der Waals surface area contributed by atoms with Crippen LogP contribution in [-0.2, 0) is 10.3 Å². The van der Waals surface area contributed by atoms with Crippen molar-refractivity contribution in [2.24, 2.45) is 0 Å². The smallest absolute Gasteiger partial charge is 0.256 e. The number of carbonyl (C=O) groups excluding carboxylic acids is 1. The molecule has 0 fully saturated rings. The van der Waals surface area contributed by atoms with Crippen LogP contribution in [0.3, 0.4) is 0 Å². The molecular formula is C36H32N5O4. The van der Waals surface area contributed by atoms with Crippen molar-refractivity contribution in [2.45, 2.75) is 11.6 Å². The van der Waals surface area contributed by atoms with Gasteiger partial charge in [-0.25, -0.2) is 15.0 Å². The molecule has 1 atom stereocenters. The number of hydrogen-bond donors (Lipinski definition) is 1. The predicted octanol–water partition coefficient (Wildman–Crippen LogP) is 6.48. The summed E-state index contributed by atoms with van der Waals surface area (Å²) < 4.78 is 19.8. The van der Waals surface area contributed by atoms with E-state index in [2.05, 4.69) is 27.2 Å². The Balaban J connectivity index is 1.36. The van der Waals surface area contributed by atoms with E-state index in [-0.39, 0.29) is 12.5 Å². The highest BCUT2D eigenvalue weighted by Crippen LogP contribution is 2.42. The van der Waals surface area contributed by atoms with Gasteiger partial charge in [0.25, 0.3) is 5.91 Å². The molecule has 6 rings (SSSR count). The molecule has 1 N–H and O–H groups in total. The van der Waals surface area contributed by atoms with Crippen molar-refractivity contribution in [1.29, 1.82) is 0 Å². The van der Waals surface area contributed by atoms with Gasteiger partial charge in [0.1, 0.15) is 23.4 Å². The molecule has 2 heterocycles. The molecule has 0 spiro atoms. The van der Waals surface area contributed by atoms with Crippen LogP contribution in [0.1, 0.15) is 33.1 Å². The van der Waals surface area contributed by atoms with E-state index in [0.29, 0.717) is 22.5 Å². The van der Waals surface area contributed by atoms with Gasteiger partial charge in [0.15, 0.2) is 17.0 Å². The maximum atomic E-state index is 12.8. The lowest BCUT2D eigenvalue weighted by Gasteiger charge is -2.37. The zero-order valence-electron chi connectivity index (χ0n) is 25.0. The lowest BCUT2D eigenvalue weighted by atomic mass is 9.80. The molecule has 0 saturated carbocycles. The van der Waals surface area contributed by atoms with Crippen LogP contribution in [0.25, 0.3) is 11.2 Å². The first-order valence-corrected chi connectivity index (χ1v) is 14.4. The van der Waals surface area contributed by atoms with E-state index in [1.165, 1.54) is 6.33 Å². The number of aromatic nitrogens is 4. The molecule has 0 bridgehead atoms. The number of hydrogen-bond acceptors (Lipinski definition) is 7. The Morgan fingerprint density at radius 2 is 1.33 bits per heavy atom. The van der Waals surface area contributed by atoms with Crippen molar-refractivity contribution in [1.82, 2.24) is 19.5 Å². The summed E-state index contributed by atoms with van der Waals surface area (Å²) in [5, 5.41) is 2.85. The summed E-state index contributed by atoms with van der Waals surface area (Å²) in [6.45, 7) is 4.61. The molecule has 0 saturated heterocycles. The van der Waals surface area contributed by atoms with Crippen LogP contribution in [0.5, 0.6) is 11.5 Å². The predicted molar refractivity (Wildman–Crippen MR) is 172 cm³/mol. The van der Waals surface area contributed by atoms with Gasteiger partial charge in [0, 0.05) is 5.56 Å². The van der Waals surface area contributed by atoms with Crippen LogP contribution >= 0.6 is 0 Å². The van der Waals surface area contributed by atoms with E-state index in [0.717, 1.165) is 28.2 Å². The average molecular weight is 599 g/mol. The van der Waals surface area contributed by atoms with Crippen LogP contribution in [0.2, 0.25) is 0 Å². The van der Waals surface area contributed by atoms with Crippen LogP contribution in [0, 0.1) is 6.92 Å². The van der Waals surface area contributed by atoms with Crippen LogP contribution in [-0.4, -0.2) is 46.3 Å². The molecule has 9 nitrogen and oxygen atoms in total. The SMILES string of the molecule is [CH2][C@H](COC(c1ccccc1)(c1ccc(OC)cc1)c1ccc(OC)cc1)n1cnc2c(NC(=O)c3ccccc3)ncnc21. The van der Waals surface area contributed by atoms with Gasteiger partial charge in [0.2, 0.25) is 0 Å². The first-order valence-electron chi connectivity index (χ1n) is 14.4. The molecule has 4 aromatic carbocycles. The van der Waals surface area contributed by atoms with Gasteiger partial charge < -0.3 is 24.1 Å². The van der Waals surface area contributed by atoms with E-state index in [4.69, 9.17) is 14.2 Å². The maximum Gasteiger partial charge on any atom is 0.256 e. The molecule has 6 aromatic rings. The monoisotopic (exact) mass is 598 g/mol. The van der Waals surface area contributed by atoms with Crippen LogP contribution in [0.15, 0.2) is 122 Å². The standard InChI is InChI=1S/C36H32N5O4/c1-25(41-24-39-32-33(37-23-38-34(32)41)40-35(42)26-10-6-4-7-11-26)22-45-36(27-12-8-5-9-13-27,28-14-18-30(43-2)19-15-28)29-16-20-31(44-3)21-17-29/h4-21,23-25H,1,22H2,2-3H3,(H,37,38,40,42)/t25-/m1/s1. The van der Waals surface area contributed by atoms with Gasteiger partial charge in [-0.15, -0.1) is 0 Å². The third-order valence-electron chi connectivity index (χ3n) is 7.69. The molecule has 45 heavy (non-hydrogen) atoms. The maximum absolute atomic E-state index is 12.8. The number of carbonyl (C=O) groups is 1. The molecule has 9 heteroatoms. The Kier molecular flexibility index (Phi) is 8.52. The van der Waals surface area contributed by atoms with Gasteiger partial charge in [0.05, 0.1) is 33.2 Å². The Morgan fingerprint density at radius 3 is 1.91 bits per heavy atom. The summed E-state index contributed by atoms with van der Waals surface area (Å²) in [6, 6.07) is 34.3. The largest absolute Gasteiger partial charge is 0.497 e. The molecule has 0 aliphatic rings. The summed E-state index contributed by atoms with van der Waals surface area (Å²) >= 11 is 0. The third kappa shape index (κ3) is 5.85. The normalized spacial score (nSPS) is 12.1. The second kappa shape index (κ2) is 13.0. The van der Waals surface area contributed by atoms with Crippen molar-refractivity contribution in [3.63, 3.8) is 0 Å². The van der Waals surface area contributed by atoms with E-state index in [9.17, 15) is 4.79 Å². The zero-order chi connectivity index (χ0) is 31.2. The van der Waals surface area contributed by atoms with Crippen LogP contribution < -0.4 is 14.8 Å². The number of nitrogens with one attached hydrogen (secondary N) is 1. The molecule has 225 valence electrons. The second-order valence-electron chi connectivity index (χ2n) is 10.3. The number of methoxy groups -OCH3 is 2. The second-order valence-corrected chi connectivity index (χ2v) is 10.3. The molecule has 2 aromatic heterocycles. The fourth-order valence-corrected chi connectivity index (χ4v) is 5.36. The van der Waals surface area contributed by atoms with Crippen molar-refractivity contribution >= 4 is 22.9 Å². The van der Waals surface area contributed by atoms with Crippen LogP contribution in [0.4, 0.5) is 5.82 Å². The quantitative estimate of drug-likeness (QED) is 0.170. The lowest BCUT2D eigenvalue weighted by Crippen LogP contribution is -2.34. The number of benzene rings is 4. The van der Waals surface area contributed by atoms with Gasteiger partial charge in [-0.3, -0.25) is 4.79 Å². The first-order chi connectivity index (χ1) is 22.0. The van der Waals surface area contributed by atoms with E-state index >= 15 is 0 Å². The third-order valence-corrected chi connectivity index (χ3v) is 7.69. The summed E-state index contributed by atoms with van der Waals surface area (Å²) in [5.41, 5.74) is 3.26. The highest BCUT2D eigenvalue weighted by atomic mass is 16.5. The summed E-state index contributed by atoms with van der Waals surface area (Å²) in [6.07, 6.45) is 3.04. The number of amides is 1. The van der Waals surface area contributed by atoms with Gasteiger partial charge in [-0.2, -0.15) is 0 Å². The number of anilines is 1. The van der Waals surface area contributed by atoms with E-state index < -0.39 is 11.6 Å². The zero-order valence-corrected chi connectivity index (χ0v) is 25.0. The van der Waals surface area contributed by atoms with Gasteiger partial charge in [-0.1, -0.05) is 72.8 Å². The van der Waals surface area contributed by atoms with Crippen molar-refractivity contribution < 1.29 is 19.0 Å². The minimum absolute atomic E-state index is 0.189.